The molecule has 3 unspecified atom stereocenters. The second kappa shape index (κ2) is 14.8. The van der Waals surface area contributed by atoms with Gasteiger partial charge in [-0.3, -0.25) is 0 Å². The molecular weight excluding hydrogens is 559 g/mol. The summed E-state index contributed by atoms with van der Waals surface area (Å²) in [7, 11) is 4.35. The Morgan fingerprint density at radius 3 is 2.24 bits per heavy atom. The Balaban J connectivity index is 1.85. The SMILES string of the molecule is O=P[C@H](COC(=O)[Se]c1ccccc1)[C@H](OP)C(C[Se]Cc1ccccc1)OP. The third-order valence-electron chi connectivity index (χ3n) is 3.92. The second-order valence-corrected chi connectivity index (χ2v) is 11.6. The van der Waals surface area contributed by atoms with Gasteiger partial charge in [0.05, 0.1) is 0 Å². The molecule has 0 N–H and O–H groups in total. The molecule has 0 amide bonds. The fraction of sp³-hybridized carbons (Fsp3) is 0.316. The van der Waals surface area contributed by atoms with Gasteiger partial charge in [-0.15, -0.1) is 0 Å². The van der Waals surface area contributed by atoms with Crippen molar-refractivity contribution in [3.05, 3.63) is 66.2 Å². The van der Waals surface area contributed by atoms with Gasteiger partial charge < -0.3 is 0 Å². The molecule has 0 bridgehead atoms. The normalized spacial score (nSPS) is 14.3. The van der Waals surface area contributed by atoms with Gasteiger partial charge in [-0.25, -0.2) is 0 Å². The quantitative estimate of drug-likeness (QED) is 0.268. The molecule has 2 rings (SSSR count). The van der Waals surface area contributed by atoms with E-state index in [1.54, 1.807) is 0 Å². The van der Waals surface area contributed by atoms with E-state index in [1.807, 2.05) is 48.5 Å². The number of carbonyl (C=O) groups is 1. The summed E-state index contributed by atoms with van der Waals surface area (Å²) < 4.78 is 29.1. The first-order valence-electron chi connectivity index (χ1n) is 8.72. The molecule has 0 saturated carbocycles. The van der Waals surface area contributed by atoms with Crippen molar-refractivity contribution < 1.29 is 23.1 Å². The Bertz CT molecular complexity index is 739. The van der Waals surface area contributed by atoms with Gasteiger partial charge in [-0.1, -0.05) is 0 Å². The van der Waals surface area contributed by atoms with Crippen LogP contribution in [0.5, 0.6) is 0 Å². The monoisotopic (exact) mass is 584 g/mol. The molecule has 156 valence electrons. The van der Waals surface area contributed by atoms with Gasteiger partial charge >= 0.3 is 191 Å². The molecule has 10 heteroatoms. The zero-order chi connectivity index (χ0) is 20.9. The zero-order valence-electron chi connectivity index (χ0n) is 15.6. The van der Waals surface area contributed by atoms with Crippen LogP contribution in [0.4, 0.5) is 4.79 Å². The topological polar surface area (TPSA) is 61.8 Å². The molecule has 5 atom stereocenters. The Kier molecular flexibility index (Phi) is 12.8. The molecule has 0 aliphatic heterocycles. The summed E-state index contributed by atoms with van der Waals surface area (Å²) >= 11 is -0.139. The van der Waals surface area contributed by atoms with Crippen LogP contribution < -0.4 is 4.46 Å². The Labute approximate surface area is 190 Å². The average Bonchev–Trinajstić information content (AvgIpc) is 2.76. The van der Waals surface area contributed by atoms with Crippen LogP contribution in [0, 0.1) is 0 Å². The molecular formula is C19H23O5P3Se2. The van der Waals surface area contributed by atoms with Crippen LogP contribution in [0.3, 0.4) is 0 Å². The van der Waals surface area contributed by atoms with Crippen LogP contribution in [0.25, 0.3) is 0 Å². The molecule has 5 nitrogen and oxygen atoms in total. The second-order valence-electron chi connectivity index (χ2n) is 5.92. The molecule has 0 fully saturated rings. The molecule has 0 saturated heterocycles. The van der Waals surface area contributed by atoms with Crippen molar-refractivity contribution in [3.63, 3.8) is 0 Å². The molecule has 2 aromatic rings. The van der Waals surface area contributed by atoms with Crippen molar-refractivity contribution in [1.29, 1.82) is 0 Å². The Hall–Kier alpha value is -0.171. The summed E-state index contributed by atoms with van der Waals surface area (Å²) in [5.41, 5.74) is 0.787. The van der Waals surface area contributed by atoms with E-state index in [2.05, 4.69) is 31.1 Å². The predicted octanol–water partition coefficient (Wildman–Crippen LogP) is 3.49. The first kappa shape index (κ1) is 25.1. The van der Waals surface area contributed by atoms with E-state index in [0.717, 1.165) is 15.1 Å². The van der Waals surface area contributed by atoms with E-state index in [-0.39, 0.29) is 26.0 Å². The molecule has 0 aliphatic carbocycles. The first-order valence-corrected chi connectivity index (χ1v) is 14.7. The Morgan fingerprint density at radius 2 is 1.66 bits per heavy atom. The third kappa shape index (κ3) is 9.24. The van der Waals surface area contributed by atoms with Gasteiger partial charge in [0.1, 0.15) is 0 Å². The number of hydrogen-bond acceptors (Lipinski definition) is 5. The third-order valence-corrected chi connectivity index (χ3v) is 9.27. The molecule has 2 aromatic carbocycles. The van der Waals surface area contributed by atoms with E-state index in [1.165, 1.54) is 5.56 Å². The number of benzene rings is 2. The fourth-order valence-corrected chi connectivity index (χ4v) is 7.52. The van der Waals surface area contributed by atoms with Gasteiger partial charge in [0.2, 0.25) is 0 Å². The van der Waals surface area contributed by atoms with Gasteiger partial charge in [-0.2, -0.15) is 0 Å². The molecule has 0 heterocycles. The van der Waals surface area contributed by atoms with E-state index in [0.29, 0.717) is 15.0 Å². The van der Waals surface area contributed by atoms with Crippen LogP contribution >= 0.6 is 27.4 Å². The van der Waals surface area contributed by atoms with Crippen molar-refractivity contribution >= 4 is 66.6 Å². The fourth-order valence-electron chi connectivity index (χ4n) is 2.46. The number of carbonyl (C=O) groups excluding carboxylic acids is 1. The van der Waals surface area contributed by atoms with Crippen molar-refractivity contribution in [1.82, 2.24) is 0 Å². The van der Waals surface area contributed by atoms with E-state index in [9.17, 15) is 9.36 Å². The maximum absolute atomic E-state index is 12.1. The van der Waals surface area contributed by atoms with Crippen molar-refractivity contribution in [2.45, 2.75) is 28.5 Å². The van der Waals surface area contributed by atoms with Crippen molar-refractivity contribution in [2.24, 2.45) is 0 Å². The van der Waals surface area contributed by atoms with Crippen LogP contribution in [0.1, 0.15) is 5.56 Å². The summed E-state index contributed by atoms with van der Waals surface area (Å²) in [4.78, 5) is 11.8. The average molecular weight is 582 g/mol. The predicted molar refractivity (Wildman–Crippen MR) is 124 cm³/mol. The molecule has 0 aromatic heterocycles. The van der Waals surface area contributed by atoms with Crippen LogP contribution in [0.15, 0.2) is 60.7 Å². The van der Waals surface area contributed by atoms with Gasteiger partial charge in [0.15, 0.2) is 0 Å². The molecule has 0 radical (unpaired) electrons. The standard InChI is InChI=1S/C19H23O5P3Se2/c20-19(29-15-9-5-2-6-10-15)22-11-17(27-21)18(24-26)16(23-25)13-28-12-14-7-3-1-4-8-14/h1-10,16-18H,11-13,25-26H2/t16?,17-,18-/m1/s1. The summed E-state index contributed by atoms with van der Waals surface area (Å²) in [5.74, 6) is 0. The van der Waals surface area contributed by atoms with Gasteiger partial charge in [-0.05, 0) is 0 Å². The van der Waals surface area contributed by atoms with Gasteiger partial charge in [0, 0.05) is 0 Å². The maximum atomic E-state index is 12.1. The molecule has 0 spiro atoms. The number of ether oxygens (including phenoxy) is 1. The number of hydrogen-bond donors (Lipinski definition) is 0. The first-order chi connectivity index (χ1) is 14.2. The van der Waals surface area contributed by atoms with E-state index >= 15 is 0 Å². The van der Waals surface area contributed by atoms with Crippen molar-refractivity contribution in [2.75, 3.05) is 6.61 Å². The van der Waals surface area contributed by atoms with Crippen LogP contribution in [-0.4, -0.2) is 59.3 Å². The number of rotatable bonds is 13. The Morgan fingerprint density at radius 1 is 1.00 bits per heavy atom. The molecule has 0 aliphatic rings. The minimum atomic E-state index is -0.499. The van der Waals surface area contributed by atoms with E-state index < -0.39 is 26.7 Å². The summed E-state index contributed by atoms with van der Waals surface area (Å²) in [6.07, 6.45) is -0.725. The summed E-state index contributed by atoms with van der Waals surface area (Å²) in [6.45, 7) is 0.0216. The zero-order valence-corrected chi connectivity index (χ0v) is 22.2. The van der Waals surface area contributed by atoms with Crippen LogP contribution in [-0.2, 0) is 23.7 Å². The van der Waals surface area contributed by atoms with Crippen molar-refractivity contribution in [3.8, 4) is 0 Å². The molecule has 29 heavy (non-hydrogen) atoms. The van der Waals surface area contributed by atoms with Gasteiger partial charge in [0.25, 0.3) is 0 Å². The summed E-state index contributed by atoms with van der Waals surface area (Å²) in [6, 6.07) is 19.7. The summed E-state index contributed by atoms with van der Waals surface area (Å²) in [5, 5.41) is 1.77. The van der Waals surface area contributed by atoms with E-state index in [4.69, 9.17) is 13.8 Å². The minimum absolute atomic E-state index is 0.0216. The van der Waals surface area contributed by atoms with Crippen LogP contribution in [0.2, 0.25) is 5.32 Å².